The first-order valence-corrected chi connectivity index (χ1v) is 9.70. The Hall–Kier alpha value is -2.17. The number of carbonyl (C=O) groups is 1. The van der Waals surface area contributed by atoms with Crippen molar-refractivity contribution >= 4 is 11.6 Å². The van der Waals surface area contributed by atoms with Crippen molar-refractivity contribution in [3.05, 3.63) is 65.7 Å². The second-order valence-corrected chi connectivity index (χ2v) is 7.49. The molecule has 2 aromatic rings. The molecule has 3 N–H and O–H groups in total. The van der Waals surface area contributed by atoms with Gasteiger partial charge in [0.1, 0.15) is 0 Å². The lowest BCUT2D eigenvalue weighted by Crippen LogP contribution is -2.34. The van der Waals surface area contributed by atoms with E-state index in [-0.39, 0.29) is 5.91 Å². The third-order valence-electron chi connectivity index (χ3n) is 5.55. The topological polar surface area (TPSA) is 53.2 Å². The molecule has 0 spiro atoms. The Morgan fingerprint density at radius 3 is 2.46 bits per heavy atom. The monoisotopic (exact) mass is 349 g/mol. The van der Waals surface area contributed by atoms with Crippen LogP contribution in [0, 0.1) is 5.92 Å². The molecule has 0 radical (unpaired) electrons. The lowest BCUT2D eigenvalue weighted by Gasteiger charge is -2.22. The van der Waals surface area contributed by atoms with Crippen LogP contribution in [0.1, 0.15) is 41.1 Å². The molecular weight excluding hydrogens is 322 g/mol. The van der Waals surface area contributed by atoms with Crippen molar-refractivity contribution in [3.8, 4) is 0 Å². The number of hydrogen-bond donors (Lipinski definition) is 3. The Balaban J connectivity index is 1.26. The van der Waals surface area contributed by atoms with Gasteiger partial charge in [0.15, 0.2) is 0 Å². The summed E-state index contributed by atoms with van der Waals surface area (Å²) in [5, 5.41) is 10.1. The van der Waals surface area contributed by atoms with Gasteiger partial charge in [0, 0.05) is 23.2 Å². The molecule has 2 unspecified atom stereocenters. The summed E-state index contributed by atoms with van der Waals surface area (Å²) in [4.78, 5) is 12.2. The molecule has 1 saturated carbocycles. The van der Waals surface area contributed by atoms with Crippen LogP contribution >= 0.6 is 0 Å². The Kier molecular flexibility index (Phi) is 5.32. The van der Waals surface area contributed by atoms with Crippen LogP contribution in [0.5, 0.6) is 0 Å². The molecule has 1 saturated heterocycles. The third kappa shape index (κ3) is 4.32. The molecule has 26 heavy (non-hydrogen) atoms. The van der Waals surface area contributed by atoms with E-state index in [0.29, 0.717) is 17.5 Å². The van der Waals surface area contributed by atoms with Gasteiger partial charge in [-0.1, -0.05) is 30.3 Å². The van der Waals surface area contributed by atoms with E-state index in [4.69, 9.17) is 0 Å². The summed E-state index contributed by atoms with van der Waals surface area (Å²) >= 11 is 0. The van der Waals surface area contributed by atoms with E-state index >= 15 is 0 Å². The van der Waals surface area contributed by atoms with Gasteiger partial charge in [-0.25, -0.2) is 0 Å². The summed E-state index contributed by atoms with van der Waals surface area (Å²) in [6, 6.07) is 18.3. The van der Waals surface area contributed by atoms with E-state index in [1.165, 1.54) is 24.8 Å². The summed E-state index contributed by atoms with van der Waals surface area (Å²) < 4.78 is 0. The first kappa shape index (κ1) is 17.3. The van der Waals surface area contributed by atoms with E-state index in [1.807, 2.05) is 42.5 Å². The molecule has 1 aliphatic carbocycles. The normalized spacial score (nSPS) is 22.8. The van der Waals surface area contributed by atoms with Crippen molar-refractivity contribution < 1.29 is 4.79 Å². The van der Waals surface area contributed by atoms with Gasteiger partial charge in [-0.05, 0) is 74.6 Å². The predicted octanol–water partition coefficient (Wildman–Crippen LogP) is 3.38. The molecule has 136 valence electrons. The molecule has 4 heteroatoms. The molecule has 2 atom stereocenters. The summed E-state index contributed by atoms with van der Waals surface area (Å²) in [5.74, 6) is 1.38. The van der Waals surface area contributed by atoms with E-state index < -0.39 is 0 Å². The van der Waals surface area contributed by atoms with E-state index in [1.54, 1.807) is 0 Å². The lowest BCUT2D eigenvalue weighted by molar-refractivity contribution is 0.102. The number of piperidine rings is 1. The lowest BCUT2D eigenvalue weighted by atomic mass is 9.98. The van der Waals surface area contributed by atoms with Crippen molar-refractivity contribution in [2.45, 2.75) is 31.2 Å². The van der Waals surface area contributed by atoms with Crippen molar-refractivity contribution in [3.63, 3.8) is 0 Å². The van der Waals surface area contributed by atoms with E-state index in [0.717, 1.165) is 31.2 Å². The summed E-state index contributed by atoms with van der Waals surface area (Å²) in [5.41, 5.74) is 2.90. The Bertz CT molecular complexity index is 723. The first-order valence-electron chi connectivity index (χ1n) is 9.70. The number of rotatable bonds is 6. The van der Waals surface area contributed by atoms with Gasteiger partial charge in [0.25, 0.3) is 5.91 Å². The molecule has 1 amide bonds. The zero-order valence-electron chi connectivity index (χ0n) is 15.1. The van der Waals surface area contributed by atoms with Crippen LogP contribution in [0.2, 0.25) is 0 Å². The predicted molar refractivity (Wildman–Crippen MR) is 106 cm³/mol. The number of nitrogens with one attached hydrogen (secondary N) is 3. The summed E-state index contributed by atoms with van der Waals surface area (Å²) in [6.45, 7) is 3.47. The van der Waals surface area contributed by atoms with Crippen molar-refractivity contribution in [1.29, 1.82) is 0 Å². The zero-order chi connectivity index (χ0) is 17.8. The molecular formula is C22H27N3O. The molecule has 1 aliphatic heterocycles. The van der Waals surface area contributed by atoms with Crippen molar-refractivity contribution in [2.75, 3.05) is 25.0 Å². The van der Waals surface area contributed by atoms with Crippen LogP contribution < -0.4 is 16.0 Å². The fraction of sp³-hybridized carbons (Fsp3) is 0.409. The largest absolute Gasteiger partial charge is 0.322 e. The minimum Gasteiger partial charge on any atom is -0.322 e. The highest BCUT2D eigenvalue weighted by Crippen LogP contribution is 2.41. The van der Waals surface area contributed by atoms with E-state index in [2.05, 4.69) is 28.1 Å². The number of amides is 1. The highest BCUT2D eigenvalue weighted by Gasteiger charge is 2.38. The van der Waals surface area contributed by atoms with Gasteiger partial charge in [0.05, 0.1) is 0 Å². The molecule has 2 aliphatic rings. The minimum atomic E-state index is -0.0636. The molecule has 0 aromatic heterocycles. The van der Waals surface area contributed by atoms with Crippen LogP contribution in [0.15, 0.2) is 54.6 Å². The highest BCUT2D eigenvalue weighted by molar-refractivity contribution is 6.04. The Morgan fingerprint density at radius 2 is 1.73 bits per heavy atom. The maximum atomic E-state index is 12.2. The molecule has 2 fully saturated rings. The zero-order valence-corrected chi connectivity index (χ0v) is 15.1. The molecule has 4 rings (SSSR count). The SMILES string of the molecule is O=C(Nc1ccc(C2CC2NCC2CCNCC2)cc1)c1ccccc1. The maximum Gasteiger partial charge on any atom is 0.255 e. The van der Waals surface area contributed by atoms with E-state index in [9.17, 15) is 4.79 Å². The van der Waals surface area contributed by atoms with Gasteiger partial charge in [-0.2, -0.15) is 0 Å². The van der Waals surface area contributed by atoms with Crippen LogP contribution in [-0.2, 0) is 0 Å². The minimum absolute atomic E-state index is 0.0636. The first-order chi connectivity index (χ1) is 12.8. The van der Waals surface area contributed by atoms with Gasteiger partial charge in [-0.3, -0.25) is 4.79 Å². The van der Waals surface area contributed by atoms with Crippen molar-refractivity contribution in [2.24, 2.45) is 5.92 Å². The maximum absolute atomic E-state index is 12.2. The number of benzene rings is 2. The molecule has 2 aromatic carbocycles. The van der Waals surface area contributed by atoms with Gasteiger partial charge in [-0.15, -0.1) is 0 Å². The average molecular weight is 349 g/mol. The number of carbonyl (C=O) groups excluding carboxylic acids is 1. The second kappa shape index (κ2) is 8.02. The fourth-order valence-corrected chi connectivity index (χ4v) is 3.80. The highest BCUT2D eigenvalue weighted by atomic mass is 16.1. The van der Waals surface area contributed by atoms with Crippen molar-refractivity contribution in [1.82, 2.24) is 10.6 Å². The van der Waals surface area contributed by atoms with Gasteiger partial charge < -0.3 is 16.0 Å². The van der Waals surface area contributed by atoms with Gasteiger partial charge in [0.2, 0.25) is 0 Å². The summed E-state index contributed by atoms with van der Waals surface area (Å²) in [6.07, 6.45) is 3.81. The van der Waals surface area contributed by atoms with Crippen LogP contribution in [0.4, 0.5) is 5.69 Å². The second-order valence-electron chi connectivity index (χ2n) is 7.49. The quantitative estimate of drug-likeness (QED) is 0.749. The van der Waals surface area contributed by atoms with Crippen LogP contribution in [-0.4, -0.2) is 31.6 Å². The molecule has 0 bridgehead atoms. The van der Waals surface area contributed by atoms with Crippen LogP contribution in [0.3, 0.4) is 0 Å². The Labute approximate surface area is 155 Å². The summed E-state index contributed by atoms with van der Waals surface area (Å²) in [7, 11) is 0. The average Bonchev–Trinajstić information content (AvgIpc) is 3.48. The molecule has 4 nitrogen and oxygen atoms in total. The standard InChI is InChI=1S/C22H27N3O/c26-22(18-4-2-1-3-5-18)25-19-8-6-17(7-9-19)20-14-21(20)24-15-16-10-12-23-13-11-16/h1-9,16,20-21,23-24H,10-15H2,(H,25,26). The molecule has 1 heterocycles. The number of anilines is 1. The van der Waals surface area contributed by atoms with Crippen LogP contribution in [0.25, 0.3) is 0 Å². The Morgan fingerprint density at radius 1 is 1.00 bits per heavy atom. The third-order valence-corrected chi connectivity index (χ3v) is 5.55. The number of hydrogen-bond acceptors (Lipinski definition) is 3. The fourth-order valence-electron chi connectivity index (χ4n) is 3.80. The smallest absolute Gasteiger partial charge is 0.255 e. The van der Waals surface area contributed by atoms with Gasteiger partial charge >= 0.3 is 0 Å².